The molecule has 0 spiro atoms. The Balaban J connectivity index is 2.89. The summed E-state index contributed by atoms with van der Waals surface area (Å²) in [6, 6.07) is 6.36. The number of methoxy groups -OCH3 is 1. The highest BCUT2D eigenvalue weighted by Gasteiger charge is 2.11. The van der Waals surface area contributed by atoms with Crippen LogP contribution in [0.4, 0.5) is 0 Å². The van der Waals surface area contributed by atoms with Crippen LogP contribution < -0.4 is 4.74 Å². The molecule has 1 rings (SSSR count). The molecule has 0 fully saturated rings. The van der Waals surface area contributed by atoms with Gasteiger partial charge in [-0.3, -0.25) is 0 Å². The van der Waals surface area contributed by atoms with Crippen LogP contribution in [0.25, 0.3) is 6.08 Å². The summed E-state index contributed by atoms with van der Waals surface area (Å²) in [7, 11) is 1.42. The van der Waals surface area contributed by atoms with Crippen molar-refractivity contribution in [1.29, 1.82) is 5.26 Å². The molecule has 0 saturated heterocycles. The first-order valence-corrected chi connectivity index (χ1v) is 6.28. The summed E-state index contributed by atoms with van der Waals surface area (Å²) < 4.78 is 9.94. The number of unbranched alkanes of at least 4 members (excludes halogenated alkanes) is 1. The lowest BCUT2D eigenvalue weighted by molar-refractivity contribution is -0.138. The lowest BCUT2D eigenvalue weighted by Crippen LogP contribution is -2.07. The Morgan fingerprint density at radius 2 is 2.25 bits per heavy atom. The van der Waals surface area contributed by atoms with Gasteiger partial charge in [-0.05, 0) is 30.2 Å². The molecule has 5 heteroatoms. The maximum Gasteiger partial charge on any atom is 0.348 e. The van der Waals surface area contributed by atoms with Crippen LogP contribution in [0.15, 0.2) is 23.8 Å². The Labute approximate surface area is 118 Å². The summed E-state index contributed by atoms with van der Waals surface area (Å²) in [5.41, 5.74) is 0.484. The Morgan fingerprint density at radius 1 is 1.50 bits per heavy atom. The zero-order valence-corrected chi connectivity index (χ0v) is 11.5. The molecule has 1 N–H and O–H groups in total. The minimum atomic E-state index is -0.645. The van der Waals surface area contributed by atoms with E-state index in [-0.39, 0.29) is 17.1 Å². The largest absolute Gasteiger partial charge is 0.504 e. The van der Waals surface area contributed by atoms with Gasteiger partial charge in [0.15, 0.2) is 11.5 Å². The lowest BCUT2D eigenvalue weighted by Gasteiger charge is -2.05. The normalized spacial score (nSPS) is 10.8. The molecule has 0 atom stereocenters. The van der Waals surface area contributed by atoms with E-state index in [1.165, 1.54) is 25.3 Å². The predicted octanol–water partition coefficient (Wildman–Crippen LogP) is 2.65. The van der Waals surface area contributed by atoms with E-state index in [9.17, 15) is 9.90 Å². The summed E-state index contributed by atoms with van der Waals surface area (Å²) in [5.74, 6) is -0.378. The van der Waals surface area contributed by atoms with Gasteiger partial charge in [0.05, 0.1) is 13.7 Å². The number of aromatic hydroxyl groups is 1. The first kappa shape index (κ1) is 15.6. The van der Waals surface area contributed by atoms with E-state index >= 15 is 0 Å². The first-order valence-electron chi connectivity index (χ1n) is 6.28. The van der Waals surface area contributed by atoms with Gasteiger partial charge >= 0.3 is 5.97 Å². The number of ether oxygens (including phenoxy) is 2. The lowest BCUT2D eigenvalue weighted by atomic mass is 10.1. The average molecular weight is 275 g/mol. The van der Waals surface area contributed by atoms with Crippen molar-refractivity contribution in [3.8, 4) is 17.6 Å². The van der Waals surface area contributed by atoms with E-state index in [4.69, 9.17) is 14.7 Å². The average Bonchev–Trinajstić information content (AvgIpc) is 2.46. The van der Waals surface area contributed by atoms with Crippen molar-refractivity contribution < 1.29 is 19.4 Å². The maximum absolute atomic E-state index is 11.7. The van der Waals surface area contributed by atoms with Crippen LogP contribution in [-0.2, 0) is 9.53 Å². The van der Waals surface area contributed by atoms with Crippen molar-refractivity contribution in [2.75, 3.05) is 13.7 Å². The van der Waals surface area contributed by atoms with E-state index in [2.05, 4.69) is 0 Å². The Kier molecular flexibility index (Phi) is 6.11. The quantitative estimate of drug-likeness (QED) is 0.373. The second-order valence-corrected chi connectivity index (χ2v) is 4.09. The van der Waals surface area contributed by atoms with Crippen molar-refractivity contribution in [1.82, 2.24) is 0 Å². The van der Waals surface area contributed by atoms with E-state index in [0.717, 1.165) is 12.8 Å². The fraction of sp³-hybridized carbons (Fsp3) is 0.333. The van der Waals surface area contributed by atoms with Crippen molar-refractivity contribution >= 4 is 12.0 Å². The zero-order valence-electron chi connectivity index (χ0n) is 11.5. The highest BCUT2D eigenvalue weighted by atomic mass is 16.5. The Bertz CT molecular complexity index is 543. The number of nitriles is 1. The van der Waals surface area contributed by atoms with Crippen LogP contribution >= 0.6 is 0 Å². The van der Waals surface area contributed by atoms with Gasteiger partial charge in [-0.15, -0.1) is 0 Å². The molecule has 0 heterocycles. The van der Waals surface area contributed by atoms with Crippen LogP contribution in [0.5, 0.6) is 11.5 Å². The van der Waals surface area contributed by atoms with Crippen LogP contribution in [0.2, 0.25) is 0 Å². The first-order chi connectivity index (χ1) is 9.62. The molecule has 0 amide bonds. The van der Waals surface area contributed by atoms with Gasteiger partial charge in [0, 0.05) is 0 Å². The second-order valence-electron chi connectivity index (χ2n) is 4.09. The summed E-state index contributed by atoms with van der Waals surface area (Å²) >= 11 is 0. The number of esters is 1. The summed E-state index contributed by atoms with van der Waals surface area (Å²) in [6.45, 7) is 2.28. The molecule has 5 nitrogen and oxygen atoms in total. The predicted molar refractivity (Wildman–Crippen MR) is 74.1 cm³/mol. The smallest absolute Gasteiger partial charge is 0.348 e. The van der Waals surface area contributed by atoms with E-state index < -0.39 is 5.97 Å². The van der Waals surface area contributed by atoms with E-state index in [1.807, 2.05) is 13.0 Å². The standard InChI is InChI=1S/C15H17NO4/c1-3-4-7-20-15(18)12(10-16)8-11-5-6-13(17)14(9-11)19-2/h5-6,8-9,17H,3-4,7H2,1-2H3/b12-8-. The molecule has 1 aromatic rings. The van der Waals surface area contributed by atoms with Gasteiger partial charge in [-0.2, -0.15) is 5.26 Å². The Morgan fingerprint density at radius 3 is 2.85 bits per heavy atom. The van der Waals surface area contributed by atoms with Gasteiger partial charge in [0.2, 0.25) is 0 Å². The monoisotopic (exact) mass is 275 g/mol. The highest BCUT2D eigenvalue weighted by molar-refractivity contribution is 5.97. The molecular formula is C15H17NO4. The Hall–Kier alpha value is -2.48. The number of nitrogens with zero attached hydrogens (tertiary/aromatic N) is 1. The van der Waals surface area contributed by atoms with Gasteiger partial charge in [-0.1, -0.05) is 19.4 Å². The molecule has 0 radical (unpaired) electrons. The molecule has 20 heavy (non-hydrogen) atoms. The molecule has 0 unspecified atom stereocenters. The minimum Gasteiger partial charge on any atom is -0.504 e. The molecule has 0 aromatic heterocycles. The number of phenols is 1. The van der Waals surface area contributed by atoms with Crippen LogP contribution in [0.3, 0.4) is 0 Å². The number of phenolic OH excluding ortho intramolecular Hbond substituents is 1. The second kappa shape index (κ2) is 7.85. The minimum absolute atomic E-state index is 0.00585. The number of rotatable bonds is 6. The SMILES string of the molecule is CCCCOC(=O)/C(C#N)=C\c1ccc(O)c(OC)c1. The zero-order chi connectivity index (χ0) is 15.0. The number of benzene rings is 1. The number of hydrogen-bond acceptors (Lipinski definition) is 5. The van der Waals surface area contributed by atoms with Gasteiger partial charge < -0.3 is 14.6 Å². The van der Waals surface area contributed by atoms with Crippen molar-refractivity contribution in [3.05, 3.63) is 29.3 Å². The van der Waals surface area contributed by atoms with Crippen LogP contribution in [0, 0.1) is 11.3 Å². The third kappa shape index (κ3) is 4.32. The molecule has 0 aliphatic heterocycles. The molecule has 0 aliphatic carbocycles. The van der Waals surface area contributed by atoms with E-state index in [1.54, 1.807) is 6.07 Å². The fourth-order valence-corrected chi connectivity index (χ4v) is 1.47. The summed E-state index contributed by atoms with van der Waals surface area (Å²) in [6.07, 6.45) is 3.07. The third-order valence-electron chi connectivity index (χ3n) is 2.59. The number of hydrogen-bond donors (Lipinski definition) is 1. The topological polar surface area (TPSA) is 79.6 Å². The molecule has 1 aromatic carbocycles. The van der Waals surface area contributed by atoms with Crippen molar-refractivity contribution in [2.24, 2.45) is 0 Å². The van der Waals surface area contributed by atoms with Crippen molar-refractivity contribution in [2.45, 2.75) is 19.8 Å². The number of carbonyl (C=O) groups is 1. The molecular weight excluding hydrogens is 258 g/mol. The van der Waals surface area contributed by atoms with Crippen LogP contribution in [-0.4, -0.2) is 24.8 Å². The molecule has 0 bridgehead atoms. The molecule has 0 saturated carbocycles. The fourth-order valence-electron chi connectivity index (χ4n) is 1.47. The van der Waals surface area contributed by atoms with Crippen molar-refractivity contribution in [3.63, 3.8) is 0 Å². The molecule has 106 valence electrons. The van der Waals surface area contributed by atoms with E-state index in [0.29, 0.717) is 12.2 Å². The maximum atomic E-state index is 11.7. The third-order valence-corrected chi connectivity index (χ3v) is 2.59. The summed E-state index contributed by atoms with van der Waals surface area (Å²) in [5, 5.41) is 18.5. The van der Waals surface area contributed by atoms with Gasteiger partial charge in [-0.25, -0.2) is 4.79 Å². The van der Waals surface area contributed by atoms with Gasteiger partial charge in [0.1, 0.15) is 11.6 Å². The highest BCUT2D eigenvalue weighted by Crippen LogP contribution is 2.27. The summed E-state index contributed by atoms with van der Waals surface area (Å²) in [4.78, 5) is 11.7. The number of carbonyl (C=O) groups excluding carboxylic acids is 1. The van der Waals surface area contributed by atoms with Gasteiger partial charge in [0.25, 0.3) is 0 Å². The molecule has 0 aliphatic rings. The van der Waals surface area contributed by atoms with Crippen LogP contribution in [0.1, 0.15) is 25.3 Å².